The van der Waals surface area contributed by atoms with Crippen molar-refractivity contribution in [2.24, 2.45) is 0 Å². The van der Waals surface area contributed by atoms with Gasteiger partial charge < -0.3 is 9.62 Å². The monoisotopic (exact) mass is 328 g/mol. The first kappa shape index (κ1) is 16.9. The molecular formula is C16H12N2O6. The van der Waals surface area contributed by atoms with Crippen molar-refractivity contribution in [3.63, 3.8) is 0 Å². The molecule has 0 aliphatic rings. The maximum Gasteiger partial charge on any atom is 0.355 e. The summed E-state index contributed by atoms with van der Waals surface area (Å²) in [6.45, 7) is -0.00125. The third kappa shape index (κ3) is 4.79. The Hall–Kier alpha value is -3.44. The zero-order valence-electron chi connectivity index (χ0n) is 12.3. The van der Waals surface area contributed by atoms with E-state index >= 15 is 0 Å². The molecule has 2 aromatic carbocycles. The molecule has 0 aliphatic carbocycles. The lowest BCUT2D eigenvalue weighted by atomic mass is 10.2. The molecule has 1 atom stereocenters. The van der Waals surface area contributed by atoms with Crippen molar-refractivity contribution in [3.8, 4) is 11.8 Å². The first-order chi connectivity index (χ1) is 11.6. The van der Waals surface area contributed by atoms with Gasteiger partial charge in [-0.25, -0.2) is 4.79 Å². The highest BCUT2D eigenvalue weighted by atomic mass is 17.2. The van der Waals surface area contributed by atoms with Crippen LogP contribution in [0.25, 0.3) is 0 Å². The van der Waals surface area contributed by atoms with Crippen molar-refractivity contribution in [1.29, 1.82) is 5.26 Å². The van der Waals surface area contributed by atoms with Crippen LogP contribution in [0.3, 0.4) is 0 Å². The van der Waals surface area contributed by atoms with E-state index in [9.17, 15) is 14.9 Å². The summed E-state index contributed by atoms with van der Waals surface area (Å²) in [6, 6.07) is 15.5. The number of nitrogens with zero attached hydrogens (tertiary/aromatic N) is 2. The number of benzene rings is 2. The van der Waals surface area contributed by atoms with Crippen molar-refractivity contribution in [2.75, 3.05) is 0 Å². The summed E-state index contributed by atoms with van der Waals surface area (Å²) in [5.41, 5.74) is 0.639. The van der Waals surface area contributed by atoms with E-state index in [0.717, 1.165) is 5.56 Å². The molecule has 0 spiro atoms. The van der Waals surface area contributed by atoms with Gasteiger partial charge in [0.2, 0.25) is 0 Å². The summed E-state index contributed by atoms with van der Waals surface area (Å²) in [5.74, 6) is -0.792. The smallest absolute Gasteiger partial charge is 0.355 e. The van der Waals surface area contributed by atoms with E-state index < -0.39 is 17.0 Å². The van der Waals surface area contributed by atoms with Crippen molar-refractivity contribution in [3.05, 3.63) is 70.3 Å². The quantitative estimate of drug-likeness (QED) is 0.332. The van der Waals surface area contributed by atoms with Crippen LogP contribution in [-0.2, 0) is 21.0 Å². The zero-order chi connectivity index (χ0) is 17.4. The van der Waals surface area contributed by atoms with E-state index in [4.69, 9.17) is 19.8 Å². The number of carbonyl (C=O) groups is 1. The van der Waals surface area contributed by atoms with E-state index in [1.165, 1.54) is 24.3 Å². The lowest BCUT2D eigenvalue weighted by molar-refractivity contribution is -0.384. The van der Waals surface area contributed by atoms with E-state index in [0.29, 0.717) is 0 Å². The highest BCUT2D eigenvalue weighted by Gasteiger charge is 2.22. The van der Waals surface area contributed by atoms with Gasteiger partial charge in [-0.05, 0) is 17.7 Å². The van der Waals surface area contributed by atoms with Gasteiger partial charge in [0.25, 0.3) is 11.8 Å². The van der Waals surface area contributed by atoms with Crippen molar-refractivity contribution >= 4 is 11.7 Å². The van der Waals surface area contributed by atoms with Crippen LogP contribution >= 0.6 is 0 Å². The Morgan fingerprint density at radius 1 is 1.17 bits per heavy atom. The number of hydrogen-bond acceptors (Lipinski definition) is 7. The Bertz CT molecular complexity index is 739. The summed E-state index contributed by atoms with van der Waals surface area (Å²) in [7, 11) is 0. The van der Waals surface area contributed by atoms with Gasteiger partial charge in [-0.2, -0.15) is 10.1 Å². The standard InChI is InChI=1S/C16H12N2O6/c17-10-15(16(19)22-11-12-4-2-1-3-5-12)24-23-14-8-6-13(7-9-14)18(20)21/h1-9,15H,11H2. The van der Waals surface area contributed by atoms with E-state index in [-0.39, 0.29) is 18.0 Å². The molecule has 24 heavy (non-hydrogen) atoms. The minimum Gasteiger partial charge on any atom is -0.458 e. The molecular weight excluding hydrogens is 316 g/mol. The van der Waals surface area contributed by atoms with Crippen molar-refractivity contribution in [2.45, 2.75) is 12.7 Å². The van der Waals surface area contributed by atoms with E-state index in [1.807, 2.05) is 6.07 Å². The maximum atomic E-state index is 11.8. The second kappa shape index (κ2) is 8.26. The fourth-order valence-electron chi connectivity index (χ4n) is 1.64. The molecule has 2 aromatic rings. The molecule has 0 aromatic heterocycles. The van der Waals surface area contributed by atoms with Crippen LogP contribution < -0.4 is 4.89 Å². The topological polar surface area (TPSA) is 112 Å². The van der Waals surface area contributed by atoms with Crippen LogP contribution in [0.2, 0.25) is 0 Å². The Kier molecular flexibility index (Phi) is 5.82. The molecule has 2 rings (SSSR count). The van der Waals surface area contributed by atoms with Gasteiger partial charge in [-0.1, -0.05) is 30.3 Å². The summed E-state index contributed by atoms with van der Waals surface area (Å²) >= 11 is 0. The molecule has 8 heteroatoms. The number of esters is 1. The summed E-state index contributed by atoms with van der Waals surface area (Å²) in [6.07, 6.45) is -1.58. The lowest BCUT2D eigenvalue weighted by Crippen LogP contribution is -2.26. The van der Waals surface area contributed by atoms with Crippen LogP contribution in [0, 0.1) is 21.4 Å². The molecule has 0 aliphatic heterocycles. The second-order valence-electron chi connectivity index (χ2n) is 4.53. The molecule has 0 N–H and O–H groups in total. The molecule has 0 heterocycles. The highest BCUT2D eigenvalue weighted by Crippen LogP contribution is 2.18. The predicted molar refractivity (Wildman–Crippen MR) is 80.4 cm³/mol. The number of nitro benzene ring substituents is 1. The van der Waals surface area contributed by atoms with Gasteiger partial charge in [-0.15, -0.1) is 0 Å². The van der Waals surface area contributed by atoms with Gasteiger partial charge >= 0.3 is 5.97 Å². The highest BCUT2D eigenvalue weighted by molar-refractivity contribution is 5.77. The molecule has 0 radical (unpaired) electrons. The van der Waals surface area contributed by atoms with E-state index in [2.05, 4.69) is 0 Å². The molecule has 0 saturated heterocycles. The molecule has 1 unspecified atom stereocenters. The Labute approximate surface area is 136 Å². The van der Waals surface area contributed by atoms with Gasteiger partial charge in [0.05, 0.1) is 4.92 Å². The number of carbonyl (C=O) groups excluding carboxylic acids is 1. The van der Waals surface area contributed by atoms with Crippen LogP contribution in [0.1, 0.15) is 5.56 Å². The summed E-state index contributed by atoms with van der Waals surface area (Å²) < 4.78 is 4.96. The number of nitriles is 1. The first-order valence-corrected chi connectivity index (χ1v) is 6.78. The fraction of sp³-hybridized carbons (Fsp3) is 0.125. The normalized spacial score (nSPS) is 11.1. The van der Waals surface area contributed by atoms with Crippen molar-refractivity contribution in [1.82, 2.24) is 0 Å². The third-order valence-electron chi connectivity index (χ3n) is 2.84. The summed E-state index contributed by atoms with van der Waals surface area (Å²) in [4.78, 5) is 31.3. The van der Waals surface area contributed by atoms with Crippen LogP contribution in [-0.4, -0.2) is 17.0 Å². The molecule has 122 valence electrons. The Balaban J connectivity index is 1.86. The van der Waals surface area contributed by atoms with Crippen LogP contribution in [0.4, 0.5) is 5.69 Å². The summed E-state index contributed by atoms with van der Waals surface area (Å²) in [5, 5.41) is 19.5. The van der Waals surface area contributed by atoms with Crippen LogP contribution in [0.5, 0.6) is 5.75 Å². The lowest BCUT2D eigenvalue weighted by Gasteiger charge is -2.10. The molecule has 0 amide bonds. The fourth-order valence-corrected chi connectivity index (χ4v) is 1.64. The maximum absolute atomic E-state index is 11.8. The van der Waals surface area contributed by atoms with Gasteiger partial charge in [0.1, 0.15) is 12.7 Å². The minimum absolute atomic E-state index is 0.00125. The number of rotatable bonds is 7. The number of nitro groups is 1. The SMILES string of the molecule is N#CC(OOc1ccc([N+](=O)[O-])cc1)C(=O)OCc1ccccc1. The number of non-ortho nitro benzene ring substituents is 1. The number of ether oxygens (including phenoxy) is 1. The van der Waals surface area contributed by atoms with Gasteiger partial charge in [-0.3, -0.25) is 10.1 Å². The average molecular weight is 328 g/mol. The second-order valence-corrected chi connectivity index (χ2v) is 4.53. The van der Waals surface area contributed by atoms with E-state index in [1.54, 1.807) is 30.3 Å². The van der Waals surface area contributed by atoms with Gasteiger partial charge in [0.15, 0.2) is 5.75 Å². The molecule has 0 bridgehead atoms. The minimum atomic E-state index is -1.58. The molecule has 0 saturated carbocycles. The Morgan fingerprint density at radius 3 is 2.42 bits per heavy atom. The van der Waals surface area contributed by atoms with Crippen molar-refractivity contribution < 1.29 is 24.2 Å². The third-order valence-corrected chi connectivity index (χ3v) is 2.84. The zero-order valence-corrected chi connectivity index (χ0v) is 12.3. The molecule has 0 fully saturated rings. The molecule has 8 nitrogen and oxygen atoms in total. The predicted octanol–water partition coefficient (Wildman–Crippen LogP) is 2.54. The first-order valence-electron chi connectivity index (χ1n) is 6.78. The van der Waals surface area contributed by atoms with Crippen LogP contribution in [0.15, 0.2) is 54.6 Å². The Morgan fingerprint density at radius 2 is 1.83 bits per heavy atom. The average Bonchev–Trinajstić information content (AvgIpc) is 2.61. The van der Waals surface area contributed by atoms with Gasteiger partial charge in [0, 0.05) is 12.1 Å². The largest absolute Gasteiger partial charge is 0.458 e. The number of hydrogen-bond donors (Lipinski definition) is 0.